The number of benzene rings is 1. The summed E-state index contributed by atoms with van der Waals surface area (Å²) in [7, 11) is -3.80. The first-order valence-corrected chi connectivity index (χ1v) is 5.46. The summed E-state index contributed by atoms with van der Waals surface area (Å²) in [6.45, 7) is -0.0289. The summed E-state index contributed by atoms with van der Waals surface area (Å²) in [6.07, 6.45) is 0. The summed E-state index contributed by atoms with van der Waals surface area (Å²) in [5.74, 6) is -0.0324. The molecule has 0 amide bonds. The number of phenols is 1. The van der Waals surface area contributed by atoms with E-state index in [1.165, 1.54) is 0 Å². The lowest BCUT2D eigenvalue weighted by Crippen LogP contribution is -2.13. The summed E-state index contributed by atoms with van der Waals surface area (Å²) in [5.41, 5.74) is 4.78. The number of nitrogens with two attached hydrogens (primary N) is 1. The van der Waals surface area contributed by atoms with Crippen LogP contribution < -0.4 is 5.73 Å². The van der Waals surface area contributed by atoms with Crippen LogP contribution in [0.4, 0.5) is 0 Å². The Bertz CT molecular complexity index is 336. The molecule has 0 aliphatic rings. The van der Waals surface area contributed by atoms with E-state index in [4.69, 9.17) is 15.4 Å². The van der Waals surface area contributed by atoms with Crippen LogP contribution in [0.15, 0.2) is 30.3 Å². The maximum absolute atomic E-state index is 9.71. The van der Waals surface area contributed by atoms with E-state index >= 15 is 0 Å². The van der Waals surface area contributed by atoms with E-state index in [-0.39, 0.29) is 12.3 Å². The monoisotopic (exact) mass is 219 g/mol. The maximum Gasteiger partial charge on any atom is 0.266 e. The molecule has 14 heavy (non-hydrogen) atoms. The Morgan fingerprint density at radius 3 is 1.86 bits per heavy atom. The average molecular weight is 219 g/mol. The highest BCUT2D eigenvalue weighted by Crippen LogP contribution is 2.02. The molecular formula is C8H13NO4S. The normalized spacial score (nSPS) is 10.1. The Morgan fingerprint density at radius 2 is 1.71 bits per heavy atom. The number of para-hydroxylation sites is 1. The second-order valence-corrected chi connectivity index (χ2v) is 3.98. The quantitative estimate of drug-likeness (QED) is 0.618. The van der Waals surface area contributed by atoms with E-state index in [1.807, 2.05) is 6.07 Å². The Balaban J connectivity index is 0.000000241. The molecule has 0 fully saturated rings. The number of rotatable bonds is 2. The first-order chi connectivity index (χ1) is 6.45. The van der Waals surface area contributed by atoms with Crippen LogP contribution in [0.1, 0.15) is 0 Å². The lowest BCUT2D eigenvalue weighted by molar-refractivity contribution is 0.475. The second-order valence-electron chi connectivity index (χ2n) is 2.41. The molecule has 0 spiro atoms. The van der Waals surface area contributed by atoms with Gasteiger partial charge in [-0.3, -0.25) is 4.55 Å². The fraction of sp³-hybridized carbons (Fsp3) is 0.250. The molecule has 0 saturated heterocycles. The molecule has 0 atom stereocenters. The third-order valence-corrected chi connectivity index (χ3v) is 1.88. The third kappa shape index (κ3) is 8.98. The molecule has 0 radical (unpaired) electrons. The summed E-state index contributed by atoms with van der Waals surface area (Å²) in [6, 6.07) is 8.71. The van der Waals surface area contributed by atoms with Crippen LogP contribution in [0.25, 0.3) is 0 Å². The van der Waals surface area contributed by atoms with Crippen molar-refractivity contribution >= 4 is 10.1 Å². The van der Waals surface area contributed by atoms with Gasteiger partial charge in [0.05, 0.1) is 5.75 Å². The second kappa shape index (κ2) is 6.36. The van der Waals surface area contributed by atoms with Crippen molar-refractivity contribution in [2.75, 3.05) is 12.3 Å². The van der Waals surface area contributed by atoms with Crippen LogP contribution in [0.5, 0.6) is 5.75 Å². The molecule has 0 unspecified atom stereocenters. The van der Waals surface area contributed by atoms with E-state index in [2.05, 4.69) is 0 Å². The molecule has 0 aliphatic heterocycles. The lowest BCUT2D eigenvalue weighted by Gasteiger charge is -1.86. The standard InChI is InChI=1S/C6H6O.C2H7NO3S/c7-6-4-2-1-3-5-6;3-1-2-7(4,5)6/h1-5,7H;1-3H2,(H,4,5,6). The van der Waals surface area contributed by atoms with E-state index in [0.29, 0.717) is 5.75 Å². The Kier molecular flexibility index (Phi) is 5.86. The van der Waals surface area contributed by atoms with Gasteiger partial charge >= 0.3 is 0 Å². The van der Waals surface area contributed by atoms with Gasteiger partial charge in [0, 0.05) is 6.54 Å². The molecule has 80 valence electrons. The molecular weight excluding hydrogens is 206 g/mol. The van der Waals surface area contributed by atoms with Crippen molar-refractivity contribution in [1.82, 2.24) is 0 Å². The predicted molar refractivity (Wildman–Crippen MR) is 53.6 cm³/mol. The first kappa shape index (κ1) is 12.9. The zero-order valence-corrected chi connectivity index (χ0v) is 8.31. The lowest BCUT2D eigenvalue weighted by atomic mass is 10.3. The largest absolute Gasteiger partial charge is 0.508 e. The van der Waals surface area contributed by atoms with Crippen molar-refractivity contribution in [1.29, 1.82) is 0 Å². The Labute approximate surface area is 82.9 Å². The van der Waals surface area contributed by atoms with Crippen molar-refractivity contribution in [3.63, 3.8) is 0 Å². The molecule has 1 aromatic carbocycles. The minimum atomic E-state index is -3.80. The minimum Gasteiger partial charge on any atom is -0.508 e. The van der Waals surface area contributed by atoms with E-state index < -0.39 is 10.1 Å². The van der Waals surface area contributed by atoms with Crippen molar-refractivity contribution in [3.8, 4) is 5.75 Å². The highest BCUT2D eigenvalue weighted by molar-refractivity contribution is 7.85. The van der Waals surface area contributed by atoms with Gasteiger partial charge in [0.2, 0.25) is 0 Å². The Hall–Kier alpha value is -1.11. The molecule has 1 rings (SSSR count). The molecule has 0 bridgehead atoms. The fourth-order valence-electron chi connectivity index (χ4n) is 0.577. The van der Waals surface area contributed by atoms with Gasteiger partial charge in [0.1, 0.15) is 5.75 Å². The maximum atomic E-state index is 9.71. The third-order valence-electron chi connectivity index (χ3n) is 1.13. The van der Waals surface area contributed by atoms with E-state index in [1.54, 1.807) is 24.3 Å². The van der Waals surface area contributed by atoms with Gasteiger partial charge in [-0.05, 0) is 12.1 Å². The summed E-state index contributed by atoms with van der Waals surface area (Å²) in [4.78, 5) is 0. The van der Waals surface area contributed by atoms with Crippen LogP contribution in [0.2, 0.25) is 0 Å². The van der Waals surface area contributed by atoms with E-state index in [9.17, 15) is 8.42 Å². The summed E-state index contributed by atoms with van der Waals surface area (Å²) < 4.78 is 27.3. The summed E-state index contributed by atoms with van der Waals surface area (Å²) in [5, 5.41) is 8.63. The summed E-state index contributed by atoms with van der Waals surface area (Å²) >= 11 is 0. The molecule has 4 N–H and O–H groups in total. The van der Waals surface area contributed by atoms with Gasteiger partial charge in [-0.25, -0.2) is 0 Å². The van der Waals surface area contributed by atoms with Crippen LogP contribution in [-0.4, -0.2) is 30.4 Å². The predicted octanol–water partition coefficient (Wildman–Crippen LogP) is 0.225. The first-order valence-electron chi connectivity index (χ1n) is 3.85. The van der Waals surface area contributed by atoms with Crippen molar-refractivity contribution in [3.05, 3.63) is 30.3 Å². The number of hydrogen-bond acceptors (Lipinski definition) is 4. The van der Waals surface area contributed by atoms with Crippen LogP contribution in [0, 0.1) is 0 Å². The molecule has 0 heterocycles. The van der Waals surface area contributed by atoms with Crippen molar-refractivity contribution < 1.29 is 18.1 Å². The van der Waals surface area contributed by atoms with Crippen LogP contribution >= 0.6 is 0 Å². The van der Waals surface area contributed by atoms with Gasteiger partial charge < -0.3 is 10.8 Å². The molecule has 5 nitrogen and oxygen atoms in total. The van der Waals surface area contributed by atoms with Crippen LogP contribution in [0.3, 0.4) is 0 Å². The molecule has 0 aliphatic carbocycles. The van der Waals surface area contributed by atoms with Crippen molar-refractivity contribution in [2.24, 2.45) is 5.73 Å². The smallest absolute Gasteiger partial charge is 0.266 e. The fourth-order valence-corrected chi connectivity index (χ4v) is 0.875. The highest BCUT2D eigenvalue weighted by Gasteiger charge is 1.98. The highest BCUT2D eigenvalue weighted by atomic mass is 32.2. The number of hydrogen-bond donors (Lipinski definition) is 3. The molecule has 0 aromatic heterocycles. The minimum absolute atomic E-state index is 0.0289. The van der Waals surface area contributed by atoms with Gasteiger partial charge in [0.15, 0.2) is 0 Å². The Morgan fingerprint density at radius 1 is 1.21 bits per heavy atom. The van der Waals surface area contributed by atoms with Crippen LogP contribution in [-0.2, 0) is 10.1 Å². The molecule has 1 aromatic rings. The molecule has 0 saturated carbocycles. The average Bonchev–Trinajstić information content (AvgIpc) is 2.04. The SMILES string of the molecule is NCCS(=O)(=O)O.Oc1ccccc1. The number of aromatic hydroxyl groups is 1. The molecule has 6 heteroatoms. The van der Waals surface area contributed by atoms with Gasteiger partial charge in [-0.1, -0.05) is 18.2 Å². The van der Waals surface area contributed by atoms with Crippen molar-refractivity contribution in [2.45, 2.75) is 0 Å². The van der Waals surface area contributed by atoms with Gasteiger partial charge in [-0.15, -0.1) is 0 Å². The zero-order chi connectivity index (χ0) is 11.0. The van der Waals surface area contributed by atoms with Gasteiger partial charge in [0.25, 0.3) is 10.1 Å². The van der Waals surface area contributed by atoms with E-state index in [0.717, 1.165) is 0 Å². The number of phenolic OH excluding ortho intramolecular Hbond substituents is 1. The van der Waals surface area contributed by atoms with Gasteiger partial charge in [-0.2, -0.15) is 8.42 Å². The zero-order valence-electron chi connectivity index (χ0n) is 7.50. The topological polar surface area (TPSA) is 101 Å².